The molecule has 342 valence electrons. The molecule has 0 bridgehead atoms. The number of benzene rings is 9. The van der Waals surface area contributed by atoms with Gasteiger partial charge in [-0.2, -0.15) is 0 Å². The summed E-state index contributed by atoms with van der Waals surface area (Å²) in [5.74, 6) is 1.37. The van der Waals surface area contributed by atoms with Crippen molar-refractivity contribution in [1.82, 2.24) is 0 Å². The third-order valence-electron chi connectivity index (χ3n) is 15.2. The van der Waals surface area contributed by atoms with Gasteiger partial charge in [0, 0.05) is 0 Å². The van der Waals surface area contributed by atoms with Crippen molar-refractivity contribution >= 4 is 69.1 Å². The van der Waals surface area contributed by atoms with E-state index >= 15 is 0 Å². The summed E-state index contributed by atoms with van der Waals surface area (Å²) in [6.07, 6.45) is 27.5. The molecule has 2 aliphatic rings. The Morgan fingerprint density at radius 3 is 0.929 bits per heavy atom. The van der Waals surface area contributed by atoms with Gasteiger partial charge in [-0.15, -0.1) is 0 Å². The number of fused-ring (bicyclic) bond motifs is 2. The van der Waals surface area contributed by atoms with Crippen LogP contribution in [0, 0.1) is 0 Å². The van der Waals surface area contributed by atoms with E-state index in [1.807, 2.05) is 0 Å². The van der Waals surface area contributed by atoms with Crippen LogP contribution in [-0.2, 0) is 0 Å². The van der Waals surface area contributed by atoms with E-state index in [4.69, 9.17) is 0 Å². The summed E-state index contributed by atoms with van der Waals surface area (Å²) in [5, 5.41) is 4.96. The normalized spacial score (nSPS) is 15.4. The van der Waals surface area contributed by atoms with Crippen molar-refractivity contribution < 1.29 is 0 Å². The highest BCUT2D eigenvalue weighted by Gasteiger charge is 2.18. The summed E-state index contributed by atoms with van der Waals surface area (Å²) in [6.45, 7) is 0. The molecule has 0 saturated heterocycles. The summed E-state index contributed by atoms with van der Waals surface area (Å²) < 4.78 is 0. The lowest BCUT2D eigenvalue weighted by molar-refractivity contribution is 0.443. The molecule has 0 aromatic heterocycles. The molecule has 0 nitrogen and oxygen atoms in total. The quantitative estimate of drug-likeness (QED) is 0.0846. The fourth-order valence-corrected chi connectivity index (χ4v) is 11.4. The van der Waals surface area contributed by atoms with Crippen LogP contribution in [0.5, 0.6) is 0 Å². The zero-order valence-corrected chi connectivity index (χ0v) is 40.3. The molecule has 0 radical (unpaired) electrons. The predicted molar refractivity (Wildman–Crippen MR) is 304 cm³/mol. The maximum Gasteiger partial charge on any atom is -0.00987 e. The van der Waals surface area contributed by atoms with Gasteiger partial charge in [0.1, 0.15) is 0 Å². The highest BCUT2D eigenvalue weighted by molar-refractivity contribution is 6.14. The van der Waals surface area contributed by atoms with E-state index in [1.54, 1.807) is 0 Å². The molecule has 11 rings (SSSR count). The zero-order chi connectivity index (χ0) is 46.9. The van der Waals surface area contributed by atoms with Gasteiger partial charge in [0.2, 0.25) is 0 Å². The van der Waals surface area contributed by atoms with Crippen molar-refractivity contribution in [3.63, 3.8) is 0 Å². The SMILES string of the molecule is C(=Cc1c2ccccc2c(C=Cc2ccccc2/C=C(/c2ccccc2)c2ccc(C3CCCCC3)cc2)c2ccccc12)c1ccccc1/C=C(/c1ccccc1)c1ccc(C2CCCCC2)cc1. The monoisotopic (exact) mass is 902 g/mol. The van der Waals surface area contributed by atoms with E-state index < -0.39 is 0 Å². The van der Waals surface area contributed by atoms with Crippen LogP contribution in [0.4, 0.5) is 0 Å². The fraction of sp³-hybridized carbons (Fsp3) is 0.171. The van der Waals surface area contributed by atoms with E-state index in [1.165, 1.54) is 164 Å². The van der Waals surface area contributed by atoms with E-state index in [0.29, 0.717) is 11.8 Å². The first-order chi connectivity index (χ1) is 34.7. The Kier molecular flexibility index (Phi) is 13.7. The lowest BCUT2D eigenvalue weighted by atomic mass is 9.83. The molecule has 2 fully saturated rings. The minimum absolute atomic E-state index is 0.687. The Bertz CT molecular complexity index is 3050. The van der Waals surface area contributed by atoms with Gasteiger partial charge in [-0.3, -0.25) is 0 Å². The van der Waals surface area contributed by atoms with Gasteiger partial charge in [-0.1, -0.05) is 269 Å². The second kappa shape index (κ2) is 21.4. The van der Waals surface area contributed by atoms with E-state index in [0.717, 1.165) is 0 Å². The summed E-state index contributed by atoms with van der Waals surface area (Å²) in [5.41, 5.74) is 17.6. The maximum absolute atomic E-state index is 2.39. The van der Waals surface area contributed by atoms with Gasteiger partial charge in [0.05, 0.1) is 0 Å². The summed E-state index contributed by atoms with van der Waals surface area (Å²) >= 11 is 0. The summed E-state index contributed by atoms with van der Waals surface area (Å²) in [6, 6.07) is 76.2. The first kappa shape index (κ1) is 44.9. The highest BCUT2D eigenvalue weighted by atomic mass is 14.2. The second-order valence-electron chi connectivity index (χ2n) is 19.6. The average Bonchev–Trinajstić information content (AvgIpc) is 3.44. The maximum atomic E-state index is 2.39. The van der Waals surface area contributed by atoms with Gasteiger partial charge in [0.15, 0.2) is 0 Å². The average molecular weight is 903 g/mol. The molecule has 2 saturated carbocycles. The molecule has 0 heteroatoms. The smallest absolute Gasteiger partial charge is 0.00987 e. The molecular formula is C70H62. The van der Waals surface area contributed by atoms with Crippen molar-refractivity contribution in [3.8, 4) is 0 Å². The molecule has 9 aromatic carbocycles. The Hall–Kier alpha value is -7.54. The standard InChI is InChI=1S/C70H62/c1-5-21-51(22-6-1)55-37-41-59(42-38-55)69(57-27-9-3-10-28-57)49-61-31-15-13-25-53(61)45-47-67-63-33-17-19-35-65(63)68(66-36-20-18-34-64(66)67)48-46-54-26-14-16-32-62(54)50-70(58-29-11-4-12-30-58)60-43-39-56(40-44-60)52-23-7-2-8-24-52/h3-4,9-20,25-52H,1-2,5-8,21-24H2/b47-45?,48-46?,69-49-,70-50-. The van der Waals surface area contributed by atoms with Gasteiger partial charge in [-0.25, -0.2) is 0 Å². The predicted octanol–water partition coefficient (Wildman–Crippen LogP) is 19.6. The van der Waals surface area contributed by atoms with Crippen LogP contribution >= 0.6 is 0 Å². The van der Waals surface area contributed by atoms with Crippen LogP contribution in [0.2, 0.25) is 0 Å². The van der Waals surface area contributed by atoms with Crippen LogP contribution in [0.1, 0.15) is 143 Å². The minimum Gasteiger partial charge on any atom is -0.0622 e. The lowest BCUT2D eigenvalue weighted by Crippen LogP contribution is -2.04. The molecule has 0 atom stereocenters. The van der Waals surface area contributed by atoms with E-state index in [-0.39, 0.29) is 0 Å². The molecule has 0 unspecified atom stereocenters. The molecule has 0 heterocycles. The third kappa shape index (κ3) is 9.97. The van der Waals surface area contributed by atoms with Crippen LogP contribution in [-0.4, -0.2) is 0 Å². The minimum atomic E-state index is 0.687. The summed E-state index contributed by atoms with van der Waals surface area (Å²) in [4.78, 5) is 0. The van der Waals surface area contributed by atoms with Gasteiger partial charge in [-0.05, 0) is 149 Å². The molecular weight excluding hydrogens is 841 g/mol. The number of hydrogen-bond donors (Lipinski definition) is 0. The van der Waals surface area contributed by atoms with Crippen molar-refractivity contribution in [2.24, 2.45) is 0 Å². The Morgan fingerprint density at radius 1 is 0.271 bits per heavy atom. The molecule has 0 amide bonds. The molecule has 0 aliphatic heterocycles. The fourth-order valence-electron chi connectivity index (χ4n) is 11.4. The van der Waals surface area contributed by atoms with Gasteiger partial charge in [0.25, 0.3) is 0 Å². The second-order valence-corrected chi connectivity index (χ2v) is 19.6. The Labute approximate surface area is 416 Å². The third-order valence-corrected chi connectivity index (χ3v) is 15.2. The Balaban J connectivity index is 0.950. The van der Waals surface area contributed by atoms with Gasteiger partial charge >= 0.3 is 0 Å². The van der Waals surface area contributed by atoms with E-state index in [2.05, 4.69) is 243 Å². The molecule has 9 aromatic rings. The topological polar surface area (TPSA) is 0 Å². The molecule has 2 aliphatic carbocycles. The van der Waals surface area contributed by atoms with Crippen molar-refractivity contribution in [1.29, 1.82) is 0 Å². The lowest BCUT2D eigenvalue weighted by Gasteiger charge is -2.22. The highest BCUT2D eigenvalue weighted by Crippen LogP contribution is 2.39. The summed E-state index contributed by atoms with van der Waals surface area (Å²) in [7, 11) is 0. The first-order valence-corrected chi connectivity index (χ1v) is 26.0. The van der Waals surface area contributed by atoms with Crippen LogP contribution < -0.4 is 0 Å². The van der Waals surface area contributed by atoms with Crippen molar-refractivity contribution in [3.05, 3.63) is 273 Å². The van der Waals surface area contributed by atoms with Crippen LogP contribution in [0.3, 0.4) is 0 Å². The van der Waals surface area contributed by atoms with E-state index in [9.17, 15) is 0 Å². The van der Waals surface area contributed by atoms with Crippen molar-refractivity contribution in [2.45, 2.75) is 76.0 Å². The number of rotatable bonds is 12. The largest absolute Gasteiger partial charge is 0.0622 e. The molecule has 70 heavy (non-hydrogen) atoms. The molecule has 0 spiro atoms. The van der Waals surface area contributed by atoms with Gasteiger partial charge < -0.3 is 0 Å². The van der Waals surface area contributed by atoms with Crippen molar-refractivity contribution in [2.75, 3.05) is 0 Å². The Morgan fingerprint density at radius 2 is 0.571 bits per heavy atom. The number of hydrogen-bond acceptors (Lipinski definition) is 0. The first-order valence-electron chi connectivity index (χ1n) is 26.0. The molecule has 0 N–H and O–H groups in total. The van der Waals surface area contributed by atoms with Crippen LogP contribution in [0.25, 0.3) is 69.1 Å². The van der Waals surface area contributed by atoms with Crippen LogP contribution in [0.15, 0.2) is 206 Å². The zero-order valence-electron chi connectivity index (χ0n) is 40.3.